The Morgan fingerprint density at radius 3 is 2.48 bits per heavy atom. The summed E-state index contributed by atoms with van der Waals surface area (Å²) in [6.45, 7) is 4.58. The Bertz CT molecular complexity index is 988. The van der Waals surface area contributed by atoms with Crippen LogP contribution in [0, 0.1) is 0 Å². The molecule has 2 aromatic rings. The van der Waals surface area contributed by atoms with E-state index in [2.05, 4.69) is 26.6 Å². The Morgan fingerprint density at radius 2 is 1.87 bits per heavy atom. The Kier molecular flexibility index (Phi) is 7.57. The van der Waals surface area contributed by atoms with Crippen molar-refractivity contribution in [1.29, 1.82) is 0 Å². The van der Waals surface area contributed by atoms with Gasteiger partial charge in [0.15, 0.2) is 0 Å². The molecule has 2 aromatic carbocycles. The van der Waals surface area contributed by atoms with Crippen LogP contribution in [0.5, 0.6) is 11.5 Å². The zero-order chi connectivity index (χ0) is 22.4. The van der Waals surface area contributed by atoms with Crippen molar-refractivity contribution >= 4 is 33.6 Å². The molecule has 164 valence electrons. The van der Waals surface area contributed by atoms with E-state index in [1.54, 1.807) is 38.3 Å². The fourth-order valence-electron chi connectivity index (χ4n) is 3.25. The maximum absolute atomic E-state index is 13.0. The molecule has 0 fully saturated rings. The standard InChI is InChI=1S/C23H25BrN2O5/c1-4-12-31-18-11-8-15(13-17(18)24)21-19(22(27)30-5-2)20(25-23(28)26-21)14-6-9-16(29-3)10-7-14/h6-11,13,21H,4-5,12H2,1-3H3,(H2,25,26,28). The quantitative estimate of drug-likeness (QED) is 0.531. The van der Waals surface area contributed by atoms with Crippen molar-refractivity contribution in [3.63, 3.8) is 0 Å². The molecule has 1 unspecified atom stereocenters. The van der Waals surface area contributed by atoms with E-state index in [9.17, 15) is 9.59 Å². The zero-order valence-corrected chi connectivity index (χ0v) is 19.2. The van der Waals surface area contributed by atoms with Gasteiger partial charge in [0.25, 0.3) is 0 Å². The van der Waals surface area contributed by atoms with E-state index in [1.165, 1.54) is 0 Å². The molecule has 0 aliphatic carbocycles. The molecule has 2 amide bonds. The highest BCUT2D eigenvalue weighted by Crippen LogP contribution is 2.35. The summed E-state index contributed by atoms with van der Waals surface area (Å²) in [5.74, 6) is 0.863. The van der Waals surface area contributed by atoms with E-state index >= 15 is 0 Å². The number of ether oxygens (including phenoxy) is 3. The summed E-state index contributed by atoms with van der Waals surface area (Å²) in [6.07, 6.45) is 0.888. The number of amides is 2. The Hall–Kier alpha value is -3.00. The number of rotatable bonds is 8. The second kappa shape index (κ2) is 10.3. The first-order valence-corrected chi connectivity index (χ1v) is 10.8. The first-order chi connectivity index (χ1) is 15.0. The van der Waals surface area contributed by atoms with Gasteiger partial charge in [0, 0.05) is 0 Å². The number of methoxy groups -OCH3 is 1. The number of carbonyl (C=O) groups is 2. The molecule has 0 bridgehead atoms. The molecule has 1 aliphatic rings. The van der Waals surface area contributed by atoms with E-state index in [-0.39, 0.29) is 6.61 Å². The topological polar surface area (TPSA) is 85.9 Å². The number of carbonyl (C=O) groups excluding carboxylic acids is 2. The zero-order valence-electron chi connectivity index (χ0n) is 17.7. The van der Waals surface area contributed by atoms with Crippen LogP contribution in [0.4, 0.5) is 4.79 Å². The third-order valence-corrected chi connectivity index (χ3v) is 5.32. The van der Waals surface area contributed by atoms with Gasteiger partial charge < -0.3 is 24.8 Å². The van der Waals surface area contributed by atoms with Gasteiger partial charge in [0.2, 0.25) is 0 Å². The lowest BCUT2D eigenvalue weighted by Crippen LogP contribution is -2.45. The average Bonchev–Trinajstić information content (AvgIpc) is 2.77. The molecule has 1 aliphatic heterocycles. The van der Waals surface area contributed by atoms with Crippen LogP contribution in [0.3, 0.4) is 0 Å². The Labute approximate surface area is 189 Å². The number of hydrogen-bond acceptors (Lipinski definition) is 5. The van der Waals surface area contributed by atoms with Crippen LogP contribution >= 0.6 is 15.9 Å². The van der Waals surface area contributed by atoms with Gasteiger partial charge >= 0.3 is 12.0 Å². The summed E-state index contributed by atoms with van der Waals surface area (Å²) >= 11 is 3.52. The molecule has 2 N–H and O–H groups in total. The SMILES string of the molecule is CCCOc1ccc(C2NC(=O)NC(c3ccc(OC)cc3)=C2C(=O)OCC)cc1Br. The largest absolute Gasteiger partial charge is 0.497 e. The van der Waals surface area contributed by atoms with E-state index in [1.807, 2.05) is 25.1 Å². The van der Waals surface area contributed by atoms with Gasteiger partial charge in [-0.2, -0.15) is 0 Å². The second-order valence-corrected chi connectivity index (χ2v) is 7.66. The van der Waals surface area contributed by atoms with Crippen LogP contribution in [-0.4, -0.2) is 32.3 Å². The smallest absolute Gasteiger partial charge is 0.338 e. The van der Waals surface area contributed by atoms with Crippen molar-refractivity contribution < 1.29 is 23.8 Å². The number of esters is 1. The minimum absolute atomic E-state index is 0.215. The Morgan fingerprint density at radius 1 is 1.13 bits per heavy atom. The Balaban J connectivity index is 2.09. The fraction of sp³-hybridized carbons (Fsp3) is 0.304. The summed E-state index contributed by atoms with van der Waals surface area (Å²) in [4.78, 5) is 25.5. The van der Waals surface area contributed by atoms with Gasteiger partial charge in [0.05, 0.1) is 42.1 Å². The van der Waals surface area contributed by atoms with Crippen molar-refractivity contribution in [2.45, 2.75) is 26.3 Å². The second-order valence-electron chi connectivity index (χ2n) is 6.81. The lowest BCUT2D eigenvalue weighted by atomic mass is 9.92. The highest BCUT2D eigenvalue weighted by atomic mass is 79.9. The minimum atomic E-state index is -0.693. The first-order valence-electron chi connectivity index (χ1n) is 10.0. The molecule has 7 nitrogen and oxygen atoms in total. The van der Waals surface area contributed by atoms with Crippen molar-refractivity contribution in [3.8, 4) is 11.5 Å². The number of urea groups is 1. The van der Waals surface area contributed by atoms with Gasteiger partial charge in [-0.05, 0) is 76.8 Å². The number of hydrogen-bond donors (Lipinski definition) is 2. The molecule has 1 atom stereocenters. The summed E-state index contributed by atoms with van der Waals surface area (Å²) < 4.78 is 17.0. The van der Waals surface area contributed by atoms with Gasteiger partial charge in [-0.1, -0.05) is 13.0 Å². The molecule has 0 spiro atoms. The van der Waals surface area contributed by atoms with E-state index in [4.69, 9.17) is 14.2 Å². The summed E-state index contributed by atoms with van der Waals surface area (Å²) in [7, 11) is 1.58. The molecule has 0 radical (unpaired) electrons. The van der Waals surface area contributed by atoms with Crippen molar-refractivity contribution in [3.05, 3.63) is 63.6 Å². The van der Waals surface area contributed by atoms with Crippen molar-refractivity contribution in [1.82, 2.24) is 10.6 Å². The predicted octanol–water partition coefficient (Wildman–Crippen LogP) is 4.57. The van der Waals surface area contributed by atoms with Crippen LogP contribution in [0.1, 0.15) is 37.4 Å². The molecular formula is C23H25BrN2O5. The maximum atomic E-state index is 13.0. The van der Waals surface area contributed by atoms with Crippen LogP contribution in [0.25, 0.3) is 5.70 Å². The molecule has 8 heteroatoms. The van der Waals surface area contributed by atoms with Crippen molar-refractivity contribution in [2.24, 2.45) is 0 Å². The van der Waals surface area contributed by atoms with E-state index < -0.39 is 18.0 Å². The predicted molar refractivity (Wildman–Crippen MR) is 121 cm³/mol. The van der Waals surface area contributed by atoms with Gasteiger partial charge in [0.1, 0.15) is 11.5 Å². The van der Waals surface area contributed by atoms with E-state index in [0.717, 1.165) is 16.5 Å². The van der Waals surface area contributed by atoms with Gasteiger partial charge in [-0.3, -0.25) is 0 Å². The highest BCUT2D eigenvalue weighted by molar-refractivity contribution is 9.10. The lowest BCUT2D eigenvalue weighted by molar-refractivity contribution is -0.138. The third kappa shape index (κ3) is 5.19. The molecule has 31 heavy (non-hydrogen) atoms. The summed E-state index contributed by atoms with van der Waals surface area (Å²) in [5.41, 5.74) is 2.11. The van der Waals surface area contributed by atoms with Gasteiger partial charge in [-0.15, -0.1) is 0 Å². The highest BCUT2D eigenvalue weighted by Gasteiger charge is 2.34. The number of nitrogens with one attached hydrogen (secondary N) is 2. The normalized spacial score (nSPS) is 15.7. The first kappa shape index (κ1) is 22.7. The van der Waals surface area contributed by atoms with Gasteiger partial charge in [-0.25, -0.2) is 9.59 Å². The third-order valence-electron chi connectivity index (χ3n) is 4.70. The molecule has 3 rings (SSSR count). The van der Waals surface area contributed by atoms with Crippen molar-refractivity contribution in [2.75, 3.05) is 20.3 Å². The van der Waals surface area contributed by atoms with E-state index in [0.29, 0.717) is 34.9 Å². The maximum Gasteiger partial charge on any atom is 0.338 e. The monoisotopic (exact) mass is 488 g/mol. The average molecular weight is 489 g/mol. The molecule has 0 aromatic heterocycles. The minimum Gasteiger partial charge on any atom is -0.497 e. The van der Waals surface area contributed by atoms with Crippen LogP contribution in [0.2, 0.25) is 0 Å². The van der Waals surface area contributed by atoms with Crippen LogP contribution in [-0.2, 0) is 9.53 Å². The fourth-order valence-corrected chi connectivity index (χ4v) is 3.77. The van der Waals surface area contributed by atoms with Crippen LogP contribution < -0.4 is 20.1 Å². The molecule has 0 saturated heterocycles. The number of halogens is 1. The van der Waals surface area contributed by atoms with Crippen LogP contribution in [0.15, 0.2) is 52.5 Å². The molecule has 0 saturated carbocycles. The summed E-state index contributed by atoms with van der Waals surface area (Å²) in [6, 6.07) is 11.5. The summed E-state index contributed by atoms with van der Waals surface area (Å²) in [5, 5.41) is 5.60. The lowest BCUT2D eigenvalue weighted by Gasteiger charge is -2.30. The molecular weight excluding hydrogens is 464 g/mol. The number of benzene rings is 2. The molecule has 1 heterocycles.